The van der Waals surface area contributed by atoms with Crippen molar-refractivity contribution in [1.29, 1.82) is 0 Å². The number of ether oxygens (including phenoxy) is 2. The number of anilines is 1. The molecule has 0 aliphatic heterocycles. The minimum Gasteiger partial charge on any atom is -0.497 e. The lowest BCUT2D eigenvalue weighted by Crippen LogP contribution is -2.42. The molecule has 0 aliphatic carbocycles. The summed E-state index contributed by atoms with van der Waals surface area (Å²) in [5.74, 6) is 0.727. The van der Waals surface area contributed by atoms with E-state index in [2.05, 4.69) is 0 Å². The second-order valence-electron chi connectivity index (χ2n) is 6.04. The van der Waals surface area contributed by atoms with Crippen molar-refractivity contribution in [2.45, 2.75) is 20.4 Å². The zero-order valence-electron chi connectivity index (χ0n) is 16.3. The number of benzene rings is 2. The van der Waals surface area contributed by atoms with Gasteiger partial charge in [0.2, 0.25) is 11.8 Å². The molecule has 0 aliphatic rings. The molecule has 2 aromatic rings. The first-order valence-corrected chi connectivity index (χ1v) is 8.82. The highest BCUT2D eigenvalue weighted by Crippen LogP contribution is 2.32. The average molecular weight is 370 g/mol. The molecular formula is C21H26N2O4. The lowest BCUT2D eigenvalue weighted by molar-refractivity contribution is -0.131. The first-order valence-electron chi connectivity index (χ1n) is 8.82. The van der Waals surface area contributed by atoms with Gasteiger partial charge in [0.1, 0.15) is 18.0 Å². The molecule has 0 N–H and O–H groups in total. The Balaban J connectivity index is 2.22. The van der Waals surface area contributed by atoms with Crippen LogP contribution in [-0.4, -0.2) is 44.0 Å². The Bertz CT molecular complexity index is 777. The molecule has 0 aromatic heterocycles. The van der Waals surface area contributed by atoms with Gasteiger partial charge in [-0.05, 0) is 24.6 Å². The largest absolute Gasteiger partial charge is 0.497 e. The molecule has 2 rings (SSSR count). The van der Waals surface area contributed by atoms with Gasteiger partial charge < -0.3 is 14.4 Å². The monoisotopic (exact) mass is 370 g/mol. The van der Waals surface area contributed by atoms with E-state index in [1.165, 1.54) is 18.9 Å². The van der Waals surface area contributed by atoms with Crippen molar-refractivity contribution in [3.63, 3.8) is 0 Å². The number of nitrogens with zero attached hydrogens (tertiary/aromatic N) is 2. The molecule has 0 atom stereocenters. The van der Waals surface area contributed by atoms with Crippen LogP contribution in [0.15, 0.2) is 48.5 Å². The van der Waals surface area contributed by atoms with Crippen LogP contribution in [0.4, 0.5) is 5.69 Å². The molecule has 0 saturated carbocycles. The summed E-state index contributed by atoms with van der Waals surface area (Å²) in [4.78, 5) is 28.2. The van der Waals surface area contributed by atoms with Gasteiger partial charge in [-0.2, -0.15) is 0 Å². The molecular weight excluding hydrogens is 344 g/mol. The Kier molecular flexibility index (Phi) is 7.23. The maximum atomic E-state index is 12.9. The van der Waals surface area contributed by atoms with Crippen LogP contribution >= 0.6 is 0 Å². The summed E-state index contributed by atoms with van der Waals surface area (Å²) in [6.07, 6.45) is 0. The average Bonchev–Trinajstić information content (AvgIpc) is 2.70. The smallest absolute Gasteiger partial charge is 0.242 e. The first-order chi connectivity index (χ1) is 13.0. The van der Waals surface area contributed by atoms with Crippen LogP contribution in [0.1, 0.15) is 19.4 Å². The van der Waals surface area contributed by atoms with Crippen molar-refractivity contribution in [3.8, 4) is 11.5 Å². The topological polar surface area (TPSA) is 59.1 Å². The van der Waals surface area contributed by atoms with Crippen molar-refractivity contribution in [2.75, 3.05) is 32.2 Å². The fourth-order valence-corrected chi connectivity index (χ4v) is 2.79. The number of methoxy groups -OCH3 is 2. The normalized spacial score (nSPS) is 10.2. The van der Waals surface area contributed by atoms with Gasteiger partial charge >= 0.3 is 0 Å². The zero-order chi connectivity index (χ0) is 19.8. The standard InChI is InChI=1S/C21H26N2O4/c1-5-22(14-17-9-7-6-8-10-17)21(25)15-23(16(2)24)19-12-11-18(26-3)13-20(19)27-4/h6-13H,5,14-15H2,1-4H3. The lowest BCUT2D eigenvalue weighted by atomic mass is 10.2. The van der Waals surface area contributed by atoms with Crippen molar-refractivity contribution in [1.82, 2.24) is 4.90 Å². The second kappa shape index (κ2) is 9.62. The van der Waals surface area contributed by atoms with E-state index in [4.69, 9.17) is 9.47 Å². The van der Waals surface area contributed by atoms with E-state index in [-0.39, 0.29) is 18.4 Å². The van der Waals surface area contributed by atoms with Gasteiger partial charge in [0.05, 0.1) is 19.9 Å². The predicted molar refractivity (Wildman–Crippen MR) is 105 cm³/mol. The van der Waals surface area contributed by atoms with Crippen LogP contribution in [0, 0.1) is 0 Å². The maximum Gasteiger partial charge on any atom is 0.242 e. The van der Waals surface area contributed by atoms with Gasteiger partial charge in [0, 0.05) is 26.1 Å². The maximum absolute atomic E-state index is 12.9. The molecule has 144 valence electrons. The van der Waals surface area contributed by atoms with Crippen LogP contribution in [0.5, 0.6) is 11.5 Å². The van der Waals surface area contributed by atoms with E-state index < -0.39 is 0 Å². The van der Waals surface area contributed by atoms with E-state index in [1.54, 1.807) is 30.2 Å². The number of carbonyl (C=O) groups excluding carboxylic acids is 2. The van der Waals surface area contributed by atoms with E-state index in [0.717, 1.165) is 5.56 Å². The van der Waals surface area contributed by atoms with Crippen molar-refractivity contribution >= 4 is 17.5 Å². The van der Waals surface area contributed by atoms with Crippen LogP contribution in [-0.2, 0) is 16.1 Å². The fraction of sp³-hybridized carbons (Fsp3) is 0.333. The molecule has 0 radical (unpaired) electrons. The third-order valence-corrected chi connectivity index (χ3v) is 4.30. The Morgan fingerprint density at radius 2 is 1.70 bits per heavy atom. The number of likely N-dealkylation sites (N-methyl/N-ethyl adjacent to an activating group) is 1. The third-order valence-electron chi connectivity index (χ3n) is 4.30. The molecule has 6 nitrogen and oxygen atoms in total. The van der Waals surface area contributed by atoms with Gasteiger partial charge in [-0.25, -0.2) is 0 Å². The van der Waals surface area contributed by atoms with Gasteiger partial charge in [-0.15, -0.1) is 0 Å². The highest BCUT2D eigenvalue weighted by atomic mass is 16.5. The van der Waals surface area contributed by atoms with E-state index in [9.17, 15) is 9.59 Å². The van der Waals surface area contributed by atoms with E-state index >= 15 is 0 Å². The molecule has 2 amide bonds. The minimum atomic E-state index is -0.234. The van der Waals surface area contributed by atoms with E-state index in [1.807, 2.05) is 37.3 Å². The molecule has 0 bridgehead atoms. The summed E-state index contributed by atoms with van der Waals surface area (Å²) in [5, 5.41) is 0. The molecule has 0 saturated heterocycles. The summed E-state index contributed by atoms with van der Waals surface area (Å²) in [5.41, 5.74) is 1.58. The van der Waals surface area contributed by atoms with Crippen molar-refractivity contribution < 1.29 is 19.1 Å². The second-order valence-corrected chi connectivity index (χ2v) is 6.04. The van der Waals surface area contributed by atoms with Crippen molar-refractivity contribution in [2.24, 2.45) is 0 Å². The summed E-state index contributed by atoms with van der Waals surface area (Å²) in [6, 6.07) is 14.9. The molecule has 6 heteroatoms. The molecule has 0 heterocycles. The van der Waals surface area contributed by atoms with Crippen LogP contribution < -0.4 is 14.4 Å². The summed E-state index contributed by atoms with van der Waals surface area (Å²) < 4.78 is 10.6. The summed E-state index contributed by atoms with van der Waals surface area (Å²) >= 11 is 0. The number of amides is 2. The molecule has 0 unspecified atom stereocenters. The SMILES string of the molecule is CCN(Cc1ccccc1)C(=O)CN(C(C)=O)c1ccc(OC)cc1OC. The van der Waals surface area contributed by atoms with Gasteiger partial charge in [0.25, 0.3) is 0 Å². The Labute approximate surface area is 160 Å². The summed E-state index contributed by atoms with van der Waals surface area (Å²) in [6.45, 7) is 4.36. The van der Waals surface area contributed by atoms with Gasteiger partial charge in [-0.1, -0.05) is 30.3 Å². The molecule has 2 aromatic carbocycles. The zero-order valence-corrected chi connectivity index (χ0v) is 16.3. The Hall–Kier alpha value is -3.02. The van der Waals surface area contributed by atoms with Gasteiger partial charge in [-0.3, -0.25) is 14.5 Å². The predicted octanol–water partition coefficient (Wildman–Crippen LogP) is 3.11. The first kappa shape index (κ1) is 20.3. The quantitative estimate of drug-likeness (QED) is 0.716. The summed E-state index contributed by atoms with van der Waals surface area (Å²) in [7, 11) is 3.08. The van der Waals surface area contributed by atoms with Crippen LogP contribution in [0.3, 0.4) is 0 Å². The van der Waals surface area contributed by atoms with Crippen molar-refractivity contribution in [3.05, 3.63) is 54.1 Å². The number of hydrogen-bond donors (Lipinski definition) is 0. The Morgan fingerprint density at radius 1 is 1.00 bits per heavy atom. The van der Waals surface area contributed by atoms with Gasteiger partial charge in [0.15, 0.2) is 0 Å². The number of rotatable bonds is 8. The molecule has 27 heavy (non-hydrogen) atoms. The Morgan fingerprint density at radius 3 is 2.26 bits per heavy atom. The van der Waals surface area contributed by atoms with Crippen LogP contribution in [0.25, 0.3) is 0 Å². The highest BCUT2D eigenvalue weighted by Gasteiger charge is 2.22. The number of hydrogen-bond acceptors (Lipinski definition) is 4. The third kappa shape index (κ3) is 5.23. The lowest BCUT2D eigenvalue weighted by Gasteiger charge is -2.27. The molecule has 0 spiro atoms. The highest BCUT2D eigenvalue weighted by molar-refractivity contribution is 5.98. The fourth-order valence-electron chi connectivity index (χ4n) is 2.79. The van der Waals surface area contributed by atoms with Crippen LogP contribution in [0.2, 0.25) is 0 Å². The van der Waals surface area contributed by atoms with E-state index in [0.29, 0.717) is 30.3 Å². The minimum absolute atomic E-state index is 0.0568. The molecule has 0 fully saturated rings. The number of carbonyl (C=O) groups is 2.